The Bertz CT molecular complexity index is 610. The maximum absolute atomic E-state index is 10.7. The Morgan fingerprint density at radius 2 is 1.70 bits per heavy atom. The van der Waals surface area contributed by atoms with Crippen LogP contribution in [0.4, 0.5) is 0 Å². The van der Waals surface area contributed by atoms with Crippen LogP contribution in [0.25, 0.3) is 0 Å². The van der Waals surface area contributed by atoms with Crippen molar-refractivity contribution in [1.29, 1.82) is 0 Å². The fourth-order valence-corrected chi connectivity index (χ4v) is 1.47. The molecule has 0 radical (unpaired) electrons. The Kier molecular flexibility index (Phi) is 5.92. The van der Waals surface area contributed by atoms with Gasteiger partial charge in [-0.15, -0.1) is 0 Å². The van der Waals surface area contributed by atoms with E-state index in [2.05, 4.69) is 19.9 Å². The van der Waals surface area contributed by atoms with E-state index in [1.54, 1.807) is 13.0 Å². The molecule has 0 aromatic carbocycles. The third-order valence-corrected chi connectivity index (χ3v) is 2.22. The number of hydrogen-bond donors (Lipinski definition) is 1. The zero-order chi connectivity index (χ0) is 15.1. The molecule has 108 valence electrons. The second-order valence-corrected chi connectivity index (χ2v) is 4.10. The topological polar surface area (TPSA) is 90.0 Å². The van der Waals surface area contributed by atoms with Crippen molar-refractivity contribution in [2.45, 2.75) is 13.8 Å². The van der Waals surface area contributed by atoms with Gasteiger partial charge in [0.05, 0.1) is 14.2 Å². The summed E-state index contributed by atoms with van der Waals surface area (Å²) in [4.78, 5) is 24.7. The zero-order valence-corrected chi connectivity index (χ0v) is 12.4. The Labute approximate surface area is 121 Å². The SMILES string of the molecule is COc1nc(C)cc(=O)[nH]1.COc1nc(C)cc(Cl)n1. The highest BCUT2D eigenvalue weighted by molar-refractivity contribution is 6.29. The molecule has 0 saturated heterocycles. The van der Waals surface area contributed by atoms with Crippen molar-refractivity contribution in [3.63, 3.8) is 0 Å². The minimum Gasteiger partial charge on any atom is -0.468 e. The molecule has 2 aromatic rings. The molecule has 2 rings (SSSR count). The van der Waals surface area contributed by atoms with Gasteiger partial charge in [0.2, 0.25) is 0 Å². The van der Waals surface area contributed by atoms with Gasteiger partial charge >= 0.3 is 6.01 Å². The van der Waals surface area contributed by atoms with Gasteiger partial charge in [-0.3, -0.25) is 9.78 Å². The monoisotopic (exact) mass is 298 g/mol. The predicted molar refractivity (Wildman–Crippen MR) is 74.5 cm³/mol. The second kappa shape index (κ2) is 7.44. The van der Waals surface area contributed by atoms with Crippen LogP contribution in [0.3, 0.4) is 0 Å². The molecular formula is C12H15ClN4O3. The molecule has 0 unspecified atom stereocenters. The standard InChI is InChI=1S/C6H7ClN2O.C6H8N2O2/c1-4-3-5(7)9-6(8-4)10-2;1-4-3-5(9)8-6(7-4)10-2/h3H,1-2H3;3H,1-2H3,(H,7,8,9). The van der Waals surface area contributed by atoms with Crippen LogP contribution in [-0.4, -0.2) is 34.2 Å². The number of aryl methyl sites for hydroxylation is 2. The van der Waals surface area contributed by atoms with E-state index >= 15 is 0 Å². The number of halogens is 1. The van der Waals surface area contributed by atoms with Gasteiger partial charge in [-0.1, -0.05) is 11.6 Å². The van der Waals surface area contributed by atoms with E-state index in [4.69, 9.17) is 21.1 Å². The van der Waals surface area contributed by atoms with E-state index in [1.165, 1.54) is 20.3 Å². The van der Waals surface area contributed by atoms with Crippen molar-refractivity contribution in [1.82, 2.24) is 19.9 Å². The molecule has 8 heteroatoms. The summed E-state index contributed by atoms with van der Waals surface area (Å²) in [5.74, 6) is 0. The van der Waals surface area contributed by atoms with Gasteiger partial charge in [0.1, 0.15) is 5.15 Å². The molecule has 7 nitrogen and oxygen atoms in total. The normalized spacial score (nSPS) is 9.45. The summed E-state index contributed by atoms with van der Waals surface area (Å²) in [5, 5.41) is 0.407. The average molecular weight is 299 g/mol. The molecule has 0 aliphatic heterocycles. The van der Waals surface area contributed by atoms with Gasteiger partial charge in [-0.25, -0.2) is 9.97 Å². The molecule has 0 saturated carbocycles. The summed E-state index contributed by atoms with van der Waals surface area (Å²) < 4.78 is 9.48. The third-order valence-electron chi connectivity index (χ3n) is 2.03. The van der Waals surface area contributed by atoms with E-state index in [1.807, 2.05) is 6.92 Å². The summed E-state index contributed by atoms with van der Waals surface area (Å²) in [5.41, 5.74) is 1.27. The molecule has 1 N–H and O–H groups in total. The van der Waals surface area contributed by atoms with Crippen LogP contribution in [-0.2, 0) is 0 Å². The summed E-state index contributed by atoms with van der Waals surface area (Å²) in [7, 11) is 2.96. The quantitative estimate of drug-likeness (QED) is 0.846. The summed E-state index contributed by atoms with van der Waals surface area (Å²) in [6, 6.07) is 3.64. The predicted octanol–water partition coefficient (Wildman–Crippen LogP) is 1.53. The smallest absolute Gasteiger partial charge is 0.317 e. The first kappa shape index (κ1) is 15.9. The number of aromatic amines is 1. The maximum atomic E-state index is 10.7. The van der Waals surface area contributed by atoms with Crippen molar-refractivity contribution in [2.24, 2.45) is 0 Å². The Hall–Kier alpha value is -2.15. The number of nitrogens with zero attached hydrogens (tertiary/aromatic N) is 3. The zero-order valence-electron chi connectivity index (χ0n) is 11.6. The highest BCUT2D eigenvalue weighted by atomic mass is 35.5. The van der Waals surface area contributed by atoms with Gasteiger partial charge in [0, 0.05) is 17.5 Å². The van der Waals surface area contributed by atoms with Crippen LogP contribution in [0.5, 0.6) is 12.0 Å². The summed E-state index contributed by atoms with van der Waals surface area (Å²) in [6.45, 7) is 3.56. The number of aromatic nitrogens is 4. The molecule has 0 atom stereocenters. The van der Waals surface area contributed by atoms with E-state index in [9.17, 15) is 4.79 Å². The van der Waals surface area contributed by atoms with Crippen molar-refractivity contribution in [2.75, 3.05) is 14.2 Å². The molecule has 2 heterocycles. The number of H-pyrrole nitrogens is 1. The lowest BCUT2D eigenvalue weighted by molar-refractivity contribution is 0.377. The van der Waals surface area contributed by atoms with Gasteiger partial charge in [0.15, 0.2) is 0 Å². The fraction of sp³-hybridized carbons (Fsp3) is 0.333. The van der Waals surface area contributed by atoms with Crippen molar-refractivity contribution < 1.29 is 9.47 Å². The molecule has 20 heavy (non-hydrogen) atoms. The highest BCUT2D eigenvalue weighted by Crippen LogP contribution is 2.10. The Morgan fingerprint density at radius 3 is 2.20 bits per heavy atom. The Balaban J connectivity index is 0.000000200. The number of ether oxygens (including phenoxy) is 2. The molecule has 0 amide bonds. The van der Waals surface area contributed by atoms with Crippen LogP contribution in [0.15, 0.2) is 16.9 Å². The van der Waals surface area contributed by atoms with Crippen molar-refractivity contribution in [3.05, 3.63) is 39.0 Å². The van der Waals surface area contributed by atoms with Crippen LogP contribution in [0.1, 0.15) is 11.4 Å². The van der Waals surface area contributed by atoms with Crippen LogP contribution < -0.4 is 15.0 Å². The first-order valence-electron chi connectivity index (χ1n) is 5.61. The second-order valence-electron chi connectivity index (χ2n) is 3.71. The van der Waals surface area contributed by atoms with Crippen LogP contribution in [0, 0.1) is 13.8 Å². The summed E-state index contributed by atoms with van der Waals surface area (Å²) >= 11 is 5.60. The lowest BCUT2D eigenvalue weighted by Crippen LogP contribution is -2.08. The fourth-order valence-electron chi connectivity index (χ4n) is 1.24. The number of methoxy groups -OCH3 is 2. The third kappa shape index (κ3) is 5.23. The first-order valence-corrected chi connectivity index (χ1v) is 5.99. The molecule has 0 aliphatic carbocycles. The lowest BCUT2D eigenvalue weighted by Gasteiger charge is -1.97. The molecular weight excluding hydrogens is 284 g/mol. The number of rotatable bonds is 2. The first-order chi connectivity index (χ1) is 9.44. The molecule has 0 aliphatic rings. The van der Waals surface area contributed by atoms with Crippen molar-refractivity contribution >= 4 is 11.6 Å². The van der Waals surface area contributed by atoms with Gasteiger partial charge in [-0.2, -0.15) is 4.98 Å². The minimum absolute atomic E-state index is 0.190. The highest BCUT2D eigenvalue weighted by Gasteiger charge is 1.97. The average Bonchev–Trinajstić information content (AvgIpc) is 2.37. The molecule has 0 bridgehead atoms. The van der Waals surface area contributed by atoms with Crippen LogP contribution >= 0.6 is 11.6 Å². The lowest BCUT2D eigenvalue weighted by atomic mass is 10.5. The van der Waals surface area contributed by atoms with Gasteiger partial charge < -0.3 is 9.47 Å². The number of hydrogen-bond acceptors (Lipinski definition) is 6. The minimum atomic E-state index is -0.190. The van der Waals surface area contributed by atoms with E-state index in [-0.39, 0.29) is 11.6 Å². The molecule has 0 fully saturated rings. The largest absolute Gasteiger partial charge is 0.468 e. The van der Waals surface area contributed by atoms with E-state index < -0.39 is 0 Å². The molecule has 0 spiro atoms. The number of nitrogens with one attached hydrogen (secondary N) is 1. The van der Waals surface area contributed by atoms with Crippen molar-refractivity contribution in [3.8, 4) is 12.0 Å². The Morgan fingerprint density at radius 1 is 1.05 bits per heavy atom. The van der Waals surface area contributed by atoms with E-state index in [0.717, 1.165) is 5.69 Å². The maximum Gasteiger partial charge on any atom is 0.317 e. The van der Waals surface area contributed by atoms with Gasteiger partial charge in [0.25, 0.3) is 11.6 Å². The molecule has 2 aromatic heterocycles. The van der Waals surface area contributed by atoms with E-state index in [0.29, 0.717) is 16.9 Å². The van der Waals surface area contributed by atoms with Crippen LogP contribution in [0.2, 0.25) is 5.15 Å². The summed E-state index contributed by atoms with van der Waals surface area (Å²) in [6.07, 6.45) is 0. The van der Waals surface area contributed by atoms with Gasteiger partial charge in [-0.05, 0) is 19.9 Å².